The number of benzene rings is 2. The lowest BCUT2D eigenvalue weighted by Gasteiger charge is -2.25. The molecule has 20 heavy (non-hydrogen) atoms. The summed E-state index contributed by atoms with van der Waals surface area (Å²) in [5.41, 5.74) is 1.67. The van der Waals surface area contributed by atoms with Crippen molar-refractivity contribution in [3.63, 3.8) is 0 Å². The zero-order chi connectivity index (χ0) is 14.1. The molecule has 0 aliphatic carbocycles. The molecule has 0 bridgehead atoms. The highest BCUT2D eigenvalue weighted by Crippen LogP contribution is 2.46. The number of para-hydroxylation sites is 1. The van der Waals surface area contributed by atoms with Crippen molar-refractivity contribution in [2.24, 2.45) is 0 Å². The zero-order valence-electron chi connectivity index (χ0n) is 10.4. The molecule has 1 amide bonds. The van der Waals surface area contributed by atoms with Crippen LogP contribution in [0.2, 0.25) is 10.0 Å². The van der Waals surface area contributed by atoms with Crippen molar-refractivity contribution < 1.29 is 4.79 Å². The van der Waals surface area contributed by atoms with E-state index in [9.17, 15) is 4.79 Å². The molecule has 1 saturated heterocycles. The average Bonchev–Trinajstić information content (AvgIpc) is 2.81. The predicted octanol–water partition coefficient (Wildman–Crippen LogP) is 4.77. The van der Waals surface area contributed by atoms with E-state index in [1.165, 1.54) is 0 Å². The molecule has 1 aliphatic heterocycles. The second-order valence-corrected chi connectivity index (χ2v) is 6.28. The number of amides is 1. The molecular weight excluding hydrogens is 313 g/mol. The summed E-state index contributed by atoms with van der Waals surface area (Å²) in [5, 5.41) is 1.00. The second-order valence-electron chi connectivity index (χ2n) is 4.40. The van der Waals surface area contributed by atoms with Crippen LogP contribution in [-0.4, -0.2) is 11.7 Å². The SMILES string of the molecule is O=C1CS[C@H](c2c(Cl)cccc2Cl)N1c1ccccc1. The molecule has 1 aliphatic rings. The minimum atomic E-state index is -0.175. The summed E-state index contributed by atoms with van der Waals surface area (Å²) in [6.45, 7) is 0. The molecule has 1 fully saturated rings. The lowest BCUT2D eigenvalue weighted by atomic mass is 10.2. The van der Waals surface area contributed by atoms with Gasteiger partial charge in [-0.3, -0.25) is 9.69 Å². The maximum absolute atomic E-state index is 12.2. The van der Waals surface area contributed by atoms with Crippen LogP contribution in [0.25, 0.3) is 0 Å². The third-order valence-electron chi connectivity index (χ3n) is 3.15. The number of carbonyl (C=O) groups is 1. The van der Waals surface area contributed by atoms with Gasteiger partial charge in [0.1, 0.15) is 5.37 Å². The van der Waals surface area contributed by atoms with Gasteiger partial charge in [-0.15, -0.1) is 11.8 Å². The number of carbonyl (C=O) groups excluding carboxylic acids is 1. The van der Waals surface area contributed by atoms with Gasteiger partial charge in [0.15, 0.2) is 0 Å². The molecule has 2 nitrogen and oxygen atoms in total. The zero-order valence-corrected chi connectivity index (χ0v) is 12.8. The molecule has 0 spiro atoms. The third-order valence-corrected chi connectivity index (χ3v) is 4.98. The largest absolute Gasteiger partial charge is 0.295 e. The van der Waals surface area contributed by atoms with Gasteiger partial charge in [-0.25, -0.2) is 0 Å². The first-order valence-corrected chi connectivity index (χ1v) is 7.91. The van der Waals surface area contributed by atoms with Crippen LogP contribution < -0.4 is 4.90 Å². The Kier molecular flexibility index (Phi) is 3.92. The molecule has 0 N–H and O–H groups in total. The van der Waals surface area contributed by atoms with Crippen LogP contribution in [0.4, 0.5) is 5.69 Å². The normalized spacial score (nSPS) is 18.6. The topological polar surface area (TPSA) is 20.3 Å². The van der Waals surface area contributed by atoms with Crippen LogP contribution in [0.5, 0.6) is 0 Å². The Bertz CT molecular complexity index is 627. The van der Waals surface area contributed by atoms with Gasteiger partial charge in [0, 0.05) is 21.3 Å². The third kappa shape index (κ3) is 2.41. The molecule has 1 heterocycles. The van der Waals surface area contributed by atoms with Crippen molar-refractivity contribution >= 4 is 46.6 Å². The molecule has 3 rings (SSSR count). The number of hydrogen-bond donors (Lipinski definition) is 0. The number of thioether (sulfide) groups is 1. The molecule has 2 aromatic rings. The maximum Gasteiger partial charge on any atom is 0.238 e. The van der Waals surface area contributed by atoms with Crippen LogP contribution in [-0.2, 0) is 4.79 Å². The lowest BCUT2D eigenvalue weighted by molar-refractivity contribution is -0.115. The van der Waals surface area contributed by atoms with Gasteiger partial charge in [0.05, 0.1) is 5.75 Å². The Labute approximate surface area is 131 Å². The highest BCUT2D eigenvalue weighted by Gasteiger charge is 2.36. The summed E-state index contributed by atoms with van der Waals surface area (Å²) in [7, 11) is 0. The van der Waals surface area contributed by atoms with Gasteiger partial charge < -0.3 is 0 Å². The van der Waals surface area contributed by atoms with Crippen molar-refractivity contribution in [3.8, 4) is 0 Å². The number of rotatable bonds is 2. The summed E-state index contributed by atoms with van der Waals surface area (Å²) in [6, 6.07) is 15.0. The molecule has 0 radical (unpaired) electrons. The van der Waals surface area contributed by atoms with Crippen molar-refractivity contribution in [1.82, 2.24) is 0 Å². The smallest absolute Gasteiger partial charge is 0.238 e. The van der Waals surface area contributed by atoms with Gasteiger partial charge in [0.25, 0.3) is 0 Å². The first-order chi connectivity index (χ1) is 9.68. The molecule has 5 heteroatoms. The Morgan fingerprint density at radius 1 is 1.00 bits per heavy atom. The van der Waals surface area contributed by atoms with Crippen molar-refractivity contribution in [2.75, 3.05) is 10.7 Å². The van der Waals surface area contributed by atoms with E-state index in [-0.39, 0.29) is 11.3 Å². The molecular formula is C15H11Cl2NOS. The molecule has 102 valence electrons. The Balaban J connectivity index is 2.07. The fourth-order valence-corrected chi connectivity index (χ4v) is 4.23. The van der Waals surface area contributed by atoms with Crippen LogP contribution >= 0.6 is 35.0 Å². The number of nitrogens with zero attached hydrogens (tertiary/aromatic N) is 1. The van der Waals surface area contributed by atoms with Crippen LogP contribution in [0.15, 0.2) is 48.5 Å². The number of anilines is 1. The number of hydrogen-bond acceptors (Lipinski definition) is 2. The Hall–Kier alpha value is -1.16. The molecule has 0 saturated carbocycles. The predicted molar refractivity (Wildman–Crippen MR) is 85.6 cm³/mol. The highest BCUT2D eigenvalue weighted by atomic mass is 35.5. The van der Waals surface area contributed by atoms with E-state index < -0.39 is 0 Å². The van der Waals surface area contributed by atoms with E-state index in [0.29, 0.717) is 15.8 Å². The summed E-state index contributed by atoms with van der Waals surface area (Å²) >= 11 is 14.1. The Morgan fingerprint density at radius 3 is 2.30 bits per heavy atom. The summed E-state index contributed by atoms with van der Waals surface area (Å²) in [6.07, 6.45) is 0. The van der Waals surface area contributed by atoms with E-state index in [1.54, 1.807) is 28.8 Å². The van der Waals surface area contributed by atoms with E-state index in [0.717, 1.165) is 11.3 Å². The monoisotopic (exact) mass is 323 g/mol. The highest BCUT2D eigenvalue weighted by molar-refractivity contribution is 8.00. The second kappa shape index (κ2) is 5.68. The summed E-state index contributed by atoms with van der Waals surface area (Å²) < 4.78 is 0. The van der Waals surface area contributed by atoms with Crippen LogP contribution in [0.3, 0.4) is 0 Å². The van der Waals surface area contributed by atoms with Crippen molar-refractivity contribution in [2.45, 2.75) is 5.37 Å². The van der Waals surface area contributed by atoms with Gasteiger partial charge >= 0.3 is 0 Å². The first-order valence-electron chi connectivity index (χ1n) is 6.11. The fraction of sp³-hybridized carbons (Fsp3) is 0.133. The average molecular weight is 324 g/mol. The van der Waals surface area contributed by atoms with E-state index in [1.807, 2.05) is 36.4 Å². The minimum absolute atomic E-state index is 0.0715. The van der Waals surface area contributed by atoms with Crippen LogP contribution in [0, 0.1) is 0 Å². The van der Waals surface area contributed by atoms with E-state index in [4.69, 9.17) is 23.2 Å². The fourth-order valence-electron chi connectivity index (χ4n) is 2.25. The maximum atomic E-state index is 12.2. The first kappa shape index (κ1) is 13.8. The number of halogens is 2. The molecule has 2 aromatic carbocycles. The molecule has 0 aromatic heterocycles. The van der Waals surface area contributed by atoms with E-state index in [2.05, 4.69) is 0 Å². The van der Waals surface area contributed by atoms with Gasteiger partial charge in [-0.05, 0) is 24.3 Å². The quantitative estimate of drug-likeness (QED) is 0.793. The van der Waals surface area contributed by atoms with Gasteiger partial charge in [-0.2, -0.15) is 0 Å². The van der Waals surface area contributed by atoms with E-state index >= 15 is 0 Å². The van der Waals surface area contributed by atoms with Crippen LogP contribution in [0.1, 0.15) is 10.9 Å². The Morgan fingerprint density at radius 2 is 1.65 bits per heavy atom. The molecule has 0 unspecified atom stereocenters. The summed E-state index contributed by atoms with van der Waals surface area (Å²) in [4.78, 5) is 14.0. The van der Waals surface area contributed by atoms with Crippen molar-refractivity contribution in [1.29, 1.82) is 0 Å². The minimum Gasteiger partial charge on any atom is -0.295 e. The van der Waals surface area contributed by atoms with Gasteiger partial charge in [0.2, 0.25) is 5.91 Å². The standard InChI is InChI=1S/C15H11Cl2NOS/c16-11-7-4-8-12(17)14(11)15-18(13(19)9-20-15)10-5-2-1-3-6-10/h1-8,15H,9H2/t15-/m1/s1. The lowest BCUT2D eigenvalue weighted by Crippen LogP contribution is -2.28. The summed E-state index contributed by atoms with van der Waals surface area (Å²) in [5.74, 6) is 0.503. The van der Waals surface area contributed by atoms with Gasteiger partial charge in [-0.1, -0.05) is 47.5 Å². The molecule has 1 atom stereocenters. The van der Waals surface area contributed by atoms with Crippen molar-refractivity contribution in [3.05, 3.63) is 64.1 Å².